The molecule has 1 aromatic carbocycles. The fourth-order valence-corrected chi connectivity index (χ4v) is 3.83. The summed E-state index contributed by atoms with van der Waals surface area (Å²) in [6, 6.07) is 14.9. The number of nitrogens with zero attached hydrogens (tertiary/aromatic N) is 5. The lowest BCUT2D eigenvalue weighted by Gasteiger charge is -2.22. The van der Waals surface area contributed by atoms with Crippen LogP contribution in [0.15, 0.2) is 66.0 Å². The van der Waals surface area contributed by atoms with E-state index in [1.54, 1.807) is 17.1 Å². The van der Waals surface area contributed by atoms with Crippen LogP contribution in [0.25, 0.3) is 5.82 Å². The minimum atomic E-state index is 0. The van der Waals surface area contributed by atoms with E-state index >= 15 is 0 Å². The Morgan fingerprint density at radius 3 is 2.72 bits per heavy atom. The van der Waals surface area contributed by atoms with Crippen molar-refractivity contribution in [1.82, 2.24) is 25.4 Å². The first-order chi connectivity index (χ1) is 15.2. The normalized spacial score (nSPS) is 14.7. The maximum atomic E-state index is 4.80. The minimum absolute atomic E-state index is 0. The van der Waals surface area contributed by atoms with Crippen LogP contribution >= 0.6 is 24.0 Å². The molecule has 3 heterocycles. The summed E-state index contributed by atoms with van der Waals surface area (Å²) in [6.45, 7) is 7.94. The Morgan fingerprint density at radius 2 is 1.97 bits per heavy atom. The van der Waals surface area contributed by atoms with Crippen LogP contribution in [0.2, 0.25) is 0 Å². The molecule has 0 bridgehead atoms. The Labute approximate surface area is 207 Å². The Balaban J connectivity index is 0.00000289. The van der Waals surface area contributed by atoms with Crippen molar-refractivity contribution in [2.45, 2.75) is 39.3 Å². The fourth-order valence-electron chi connectivity index (χ4n) is 3.83. The first-order valence-electron chi connectivity index (χ1n) is 11.1. The molecule has 1 saturated heterocycles. The van der Waals surface area contributed by atoms with Crippen LogP contribution in [-0.4, -0.2) is 40.4 Å². The lowest BCUT2D eigenvalue weighted by Crippen LogP contribution is -2.38. The molecule has 2 aromatic heterocycles. The van der Waals surface area contributed by atoms with Gasteiger partial charge in [-0.1, -0.05) is 12.1 Å². The van der Waals surface area contributed by atoms with Crippen LogP contribution in [0.3, 0.4) is 0 Å². The van der Waals surface area contributed by atoms with Crippen molar-refractivity contribution in [2.75, 3.05) is 24.5 Å². The molecule has 8 heteroatoms. The highest BCUT2D eigenvalue weighted by Crippen LogP contribution is 2.24. The molecule has 0 spiro atoms. The van der Waals surface area contributed by atoms with Crippen LogP contribution < -0.4 is 15.5 Å². The van der Waals surface area contributed by atoms with Crippen molar-refractivity contribution in [2.24, 2.45) is 4.99 Å². The second-order valence-electron chi connectivity index (χ2n) is 7.82. The third-order valence-corrected chi connectivity index (χ3v) is 5.51. The molecule has 1 atom stereocenters. The van der Waals surface area contributed by atoms with Crippen molar-refractivity contribution >= 4 is 35.6 Å². The third kappa shape index (κ3) is 6.21. The third-order valence-electron chi connectivity index (χ3n) is 5.51. The van der Waals surface area contributed by atoms with Gasteiger partial charge in [-0.2, -0.15) is 5.10 Å². The summed E-state index contributed by atoms with van der Waals surface area (Å²) >= 11 is 0. The van der Waals surface area contributed by atoms with Crippen molar-refractivity contribution < 1.29 is 0 Å². The number of hydrogen-bond acceptors (Lipinski definition) is 4. The number of guanidine groups is 1. The highest BCUT2D eigenvalue weighted by Gasteiger charge is 2.14. The van der Waals surface area contributed by atoms with Gasteiger partial charge in [-0.25, -0.2) is 14.7 Å². The van der Waals surface area contributed by atoms with E-state index in [0.29, 0.717) is 6.54 Å². The fraction of sp³-hybridized carbons (Fsp3) is 0.375. The van der Waals surface area contributed by atoms with Gasteiger partial charge in [0, 0.05) is 43.9 Å². The van der Waals surface area contributed by atoms with Crippen LogP contribution in [0.4, 0.5) is 5.69 Å². The molecule has 170 valence electrons. The zero-order valence-corrected chi connectivity index (χ0v) is 21.1. The minimum Gasteiger partial charge on any atom is -0.372 e. The highest BCUT2D eigenvalue weighted by atomic mass is 127. The zero-order chi connectivity index (χ0) is 21.5. The van der Waals surface area contributed by atoms with E-state index in [2.05, 4.69) is 63.7 Å². The first kappa shape index (κ1) is 24.0. The molecule has 1 aliphatic rings. The van der Waals surface area contributed by atoms with Crippen molar-refractivity contribution in [1.29, 1.82) is 0 Å². The van der Waals surface area contributed by atoms with Gasteiger partial charge in [0.15, 0.2) is 11.8 Å². The second-order valence-corrected chi connectivity index (χ2v) is 7.82. The summed E-state index contributed by atoms with van der Waals surface area (Å²) in [7, 11) is 0. The van der Waals surface area contributed by atoms with Gasteiger partial charge in [0.1, 0.15) is 0 Å². The molecule has 0 saturated carbocycles. The van der Waals surface area contributed by atoms with E-state index in [4.69, 9.17) is 4.99 Å². The number of benzene rings is 1. The van der Waals surface area contributed by atoms with Gasteiger partial charge in [-0.05, 0) is 68.1 Å². The number of anilines is 1. The standard InChI is InChI=1S/C24H31N7.HI/c1-3-25-24(27-18-20-10-12-26-23(16-20)31-15-7-11-28-31)29-19(2)21-8-6-9-22(17-21)30-13-4-5-14-30;/h6-12,15-17,19H,3-5,13-14,18H2,1-2H3,(H2,25,27,29);1H. The van der Waals surface area contributed by atoms with Crippen LogP contribution in [0.5, 0.6) is 0 Å². The Hall–Kier alpha value is -2.62. The van der Waals surface area contributed by atoms with E-state index in [9.17, 15) is 0 Å². The quantitative estimate of drug-likeness (QED) is 0.263. The smallest absolute Gasteiger partial charge is 0.192 e. The predicted octanol–water partition coefficient (Wildman–Crippen LogP) is 4.30. The summed E-state index contributed by atoms with van der Waals surface area (Å²) in [6.07, 6.45) is 8.01. The molecule has 0 aliphatic carbocycles. The molecule has 32 heavy (non-hydrogen) atoms. The lowest BCUT2D eigenvalue weighted by atomic mass is 10.1. The Bertz CT molecular complexity index is 997. The maximum absolute atomic E-state index is 4.80. The number of aliphatic imine (C=N–C) groups is 1. The van der Waals surface area contributed by atoms with Gasteiger partial charge >= 0.3 is 0 Å². The van der Waals surface area contributed by atoms with E-state index in [1.165, 1.54) is 24.1 Å². The average molecular weight is 545 g/mol. The molecule has 7 nitrogen and oxygen atoms in total. The molecule has 1 unspecified atom stereocenters. The summed E-state index contributed by atoms with van der Waals surface area (Å²) in [5.74, 6) is 1.60. The number of nitrogens with one attached hydrogen (secondary N) is 2. The number of hydrogen-bond donors (Lipinski definition) is 2. The average Bonchev–Trinajstić information content (AvgIpc) is 3.52. The molecular formula is C24H32IN7. The molecule has 3 aromatic rings. The van der Waals surface area contributed by atoms with Crippen LogP contribution in [0.1, 0.15) is 43.9 Å². The van der Waals surface area contributed by atoms with Crippen molar-refractivity contribution in [3.63, 3.8) is 0 Å². The van der Waals surface area contributed by atoms with E-state index < -0.39 is 0 Å². The number of rotatable bonds is 7. The summed E-state index contributed by atoms with van der Waals surface area (Å²) in [4.78, 5) is 11.7. The van der Waals surface area contributed by atoms with E-state index in [-0.39, 0.29) is 30.0 Å². The monoisotopic (exact) mass is 545 g/mol. The second kappa shape index (κ2) is 11.8. The van der Waals surface area contributed by atoms with Gasteiger partial charge in [0.05, 0.1) is 12.6 Å². The Kier molecular flexibility index (Phi) is 8.90. The van der Waals surface area contributed by atoms with Crippen molar-refractivity contribution in [3.8, 4) is 5.82 Å². The molecule has 1 aliphatic heterocycles. The number of aromatic nitrogens is 3. The van der Waals surface area contributed by atoms with E-state index in [1.807, 2.05) is 24.4 Å². The summed E-state index contributed by atoms with van der Waals surface area (Å²) < 4.78 is 1.76. The van der Waals surface area contributed by atoms with Crippen molar-refractivity contribution in [3.05, 3.63) is 72.2 Å². The largest absolute Gasteiger partial charge is 0.372 e. The Morgan fingerprint density at radius 1 is 1.12 bits per heavy atom. The van der Waals surface area contributed by atoms with E-state index in [0.717, 1.165) is 37.0 Å². The van der Waals surface area contributed by atoms with Gasteiger partial charge in [-0.15, -0.1) is 24.0 Å². The number of halogens is 1. The summed E-state index contributed by atoms with van der Waals surface area (Å²) in [5, 5.41) is 11.2. The molecule has 1 fully saturated rings. The molecule has 0 amide bonds. The SMILES string of the molecule is CCNC(=NCc1ccnc(-n2cccn2)c1)NC(C)c1cccc(N2CCCC2)c1.I. The molecular weight excluding hydrogens is 513 g/mol. The predicted molar refractivity (Wildman–Crippen MR) is 141 cm³/mol. The lowest BCUT2D eigenvalue weighted by molar-refractivity contribution is 0.686. The van der Waals surface area contributed by atoms with Crippen LogP contribution in [-0.2, 0) is 6.54 Å². The summed E-state index contributed by atoms with van der Waals surface area (Å²) in [5.41, 5.74) is 3.66. The highest BCUT2D eigenvalue weighted by molar-refractivity contribution is 14.0. The molecule has 2 N–H and O–H groups in total. The zero-order valence-electron chi connectivity index (χ0n) is 18.7. The maximum Gasteiger partial charge on any atom is 0.192 e. The number of pyridine rings is 1. The first-order valence-corrected chi connectivity index (χ1v) is 11.1. The molecule has 0 radical (unpaired) electrons. The molecule has 4 rings (SSSR count). The van der Waals surface area contributed by atoms with Gasteiger partial charge in [0.2, 0.25) is 0 Å². The van der Waals surface area contributed by atoms with Gasteiger partial charge in [0.25, 0.3) is 0 Å². The van der Waals surface area contributed by atoms with Gasteiger partial charge < -0.3 is 15.5 Å². The topological polar surface area (TPSA) is 70.4 Å². The van der Waals surface area contributed by atoms with Gasteiger partial charge in [-0.3, -0.25) is 0 Å². The van der Waals surface area contributed by atoms with Crippen LogP contribution in [0, 0.1) is 0 Å².